The largest absolute Gasteiger partial charge is 0.431 e. The molecule has 8 heteroatoms. The van der Waals surface area contributed by atoms with Crippen LogP contribution in [0.3, 0.4) is 0 Å². The average Bonchev–Trinajstić information content (AvgIpc) is 2.42. The summed E-state index contributed by atoms with van der Waals surface area (Å²) >= 11 is 2.88. The minimum Gasteiger partial charge on any atom is -0.431 e. The monoisotopic (exact) mass is 356 g/mol. The Balaban J connectivity index is 2.49. The Bertz CT molecular complexity index is 694. The fourth-order valence-electron chi connectivity index (χ4n) is 1.65. The average molecular weight is 357 g/mol. The van der Waals surface area contributed by atoms with Crippen LogP contribution in [0, 0.1) is 15.9 Å². The summed E-state index contributed by atoms with van der Waals surface area (Å²) in [5, 5.41) is 20.6. The van der Waals surface area contributed by atoms with Gasteiger partial charge in [-0.15, -0.1) is 0 Å². The van der Waals surface area contributed by atoms with Crippen LogP contribution in [-0.4, -0.2) is 15.0 Å². The quantitative estimate of drug-likeness (QED) is 0.666. The highest BCUT2D eigenvalue weighted by Crippen LogP contribution is 2.36. The molecule has 1 heterocycles. The number of pyridine rings is 1. The molecule has 0 bridgehead atoms. The highest BCUT2D eigenvalue weighted by molar-refractivity contribution is 9.10. The molecule has 1 atom stereocenters. The molecule has 1 N–H and O–H groups in total. The fraction of sp³-hybridized carbons (Fsp3) is 0.154. The van der Waals surface area contributed by atoms with Gasteiger partial charge in [-0.05, 0) is 35.0 Å². The van der Waals surface area contributed by atoms with Gasteiger partial charge >= 0.3 is 5.69 Å². The number of hydrogen-bond acceptors (Lipinski definition) is 5. The Kier molecular flexibility index (Phi) is 4.49. The first-order valence-corrected chi connectivity index (χ1v) is 6.63. The Morgan fingerprint density at radius 2 is 2.24 bits per heavy atom. The fourth-order valence-corrected chi connectivity index (χ4v) is 1.98. The van der Waals surface area contributed by atoms with Gasteiger partial charge in [0.25, 0.3) is 0 Å². The van der Waals surface area contributed by atoms with E-state index < -0.39 is 22.5 Å². The molecule has 0 radical (unpaired) electrons. The lowest BCUT2D eigenvalue weighted by atomic mass is 10.2. The molecular weight excluding hydrogens is 347 g/mol. The van der Waals surface area contributed by atoms with Crippen molar-refractivity contribution in [1.82, 2.24) is 4.98 Å². The van der Waals surface area contributed by atoms with Gasteiger partial charge in [-0.2, -0.15) is 0 Å². The first-order valence-electron chi connectivity index (χ1n) is 5.84. The number of rotatable bonds is 4. The van der Waals surface area contributed by atoms with Crippen molar-refractivity contribution in [3.63, 3.8) is 0 Å². The number of nitro benzene ring substituents is 1. The number of halogens is 2. The van der Waals surface area contributed by atoms with Crippen LogP contribution < -0.4 is 4.74 Å². The smallest absolute Gasteiger partial charge is 0.312 e. The van der Waals surface area contributed by atoms with Gasteiger partial charge in [-0.3, -0.25) is 10.1 Å². The van der Waals surface area contributed by atoms with Gasteiger partial charge in [0.05, 0.1) is 15.5 Å². The number of aromatic nitrogens is 1. The van der Waals surface area contributed by atoms with E-state index in [1.54, 1.807) is 12.1 Å². The summed E-state index contributed by atoms with van der Waals surface area (Å²) in [4.78, 5) is 14.2. The molecular formula is C13H10BrFN2O4. The van der Waals surface area contributed by atoms with E-state index in [-0.39, 0.29) is 16.1 Å². The molecule has 0 saturated carbocycles. The van der Waals surface area contributed by atoms with Gasteiger partial charge in [0.1, 0.15) is 5.82 Å². The number of aliphatic hydroxyl groups excluding tert-OH is 1. The molecule has 0 aliphatic heterocycles. The predicted molar refractivity (Wildman–Crippen MR) is 75.7 cm³/mol. The lowest BCUT2D eigenvalue weighted by Crippen LogP contribution is -2.00. The number of nitrogens with zero attached hydrogens (tertiary/aromatic N) is 2. The molecule has 0 aliphatic rings. The normalized spacial score (nSPS) is 12.0. The Hall–Kier alpha value is -2.06. The van der Waals surface area contributed by atoms with Crippen molar-refractivity contribution in [2.45, 2.75) is 13.0 Å². The van der Waals surface area contributed by atoms with Crippen LogP contribution in [0.15, 0.2) is 34.9 Å². The minimum absolute atomic E-state index is 0.0164. The van der Waals surface area contributed by atoms with E-state index >= 15 is 0 Å². The molecule has 0 unspecified atom stereocenters. The highest BCUT2D eigenvalue weighted by Gasteiger charge is 2.21. The van der Waals surface area contributed by atoms with E-state index in [1.165, 1.54) is 13.1 Å². The van der Waals surface area contributed by atoms with E-state index in [0.29, 0.717) is 5.56 Å². The van der Waals surface area contributed by atoms with Crippen molar-refractivity contribution >= 4 is 21.6 Å². The topological polar surface area (TPSA) is 85.5 Å². The first-order chi connectivity index (χ1) is 9.90. The standard InChI is InChI=1S/C13H10BrFN2O4/c1-7(18)8-3-2-4-16-13(8)21-12-6-10(15)9(14)5-11(12)17(19)20/h2-7,18H,1H3/t7-/m1/s1. The van der Waals surface area contributed by atoms with E-state index in [1.807, 2.05) is 0 Å². The molecule has 21 heavy (non-hydrogen) atoms. The predicted octanol–water partition coefficient (Wildman–Crippen LogP) is 3.74. The van der Waals surface area contributed by atoms with E-state index in [2.05, 4.69) is 20.9 Å². The zero-order valence-electron chi connectivity index (χ0n) is 10.8. The van der Waals surface area contributed by atoms with E-state index in [0.717, 1.165) is 12.1 Å². The number of hydrogen-bond donors (Lipinski definition) is 1. The van der Waals surface area contributed by atoms with Gasteiger partial charge < -0.3 is 9.84 Å². The summed E-state index contributed by atoms with van der Waals surface area (Å²) in [6.07, 6.45) is 0.524. The number of nitro groups is 1. The molecule has 0 spiro atoms. The summed E-state index contributed by atoms with van der Waals surface area (Å²) in [6, 6.07) is 5.05. The Morgan fingerprint density at radius 3 is 2.86 bits per heavy atom. The Labute approximate surface area is 127 Å². The summed E-state index contributed by atoms with van der Waals surface area (Å²) in [7, 11) is 0. The molecule has 1 aromatic heterocycles. The van der Waals surface area contributed by atoms with Gasteiger partial charge in [-0.1, -0.05) is 0 Å². The van der Waals surface area contributed by atoms with Gasteiger partial charge in [0.15, 0.2) is 0 Å². The van der Waals surface area contributed by atoms with E-state index in [4.69, 9.17) is 4.74 Å². The first kappa shape index (κ1) is 15.3. The van der Waals surface area contributed by atoms with Crippen molar-refractivity contribution in [3.8, 4) is 11.6 Å². The summed E-state index contributed by atoms with van der Waals surface area (Å²) in [5.41, 5.74) is -0.0689. The molecule has 0 aliphatic carbocycles. The van der Waals surface area contributed by atoms with Gasteiger partial charge in [0.2, 0.25) is 11.6 Å². The van der Waals surface area contributed by atoms with Crippen LogP contribution >= 0.6 is 15.9 Å². The van der Waals surface area contributed by atoms with Crippen molar-refractivity contribution < 1.29 is 19.2 Å². The second kappa shape index (κ2) is 6.15. The second-order valence-electron chi connectivity index (χ2n) is 4.17. The maximum atomic E-state index is 13.6. The van der Waals surface area contributed by atoms with Crippen LogP contribution in [0.25, 0.3) is 0 Å². The highest BCUT2D eigenvalue weighted by atomic mass is 79.9. The lowest BCUT2D eigenvalue weighted by molar-refractivity contribution is -0.385. The van der Waals surface area contributed by atoms with Crippen molar-refractivity contribution in [2.75, 3.05) is 0 Å². The second-order valence-corrected chi connectivity index (χ2v) is 5.02. The van der Waals surface area contributed by atoms with Crippen LogP contribution in [0.4, 0.5) is 10.1 Å². The van der Waals surface area contributed by atoms with Crippen LogP contribution in [0.1, 0.15) is 18.6 Å². The number of benzene rings is 1. The van der Waals surface area contributed by atoms with Crippen molar-refractivity contribution in [3.05, 3.63) is 56.4 Å². The molecule has 0 fully saturated rings. The van der Waals surface area contributed by atoms with Crippen LogP contribution in [0.2, 0.25) is 0 Å². The third-order valence-electron chi connectivity index (χ3n) is 2.66. The van der Waals surface area contributed by atoms with Crippen LogP contribution in [0.5, 0.6) is 11.6 Å². The van der Waals surface area contributed by atoms with Crippen molar-refractivity contribution in [2.24, 2.45) is 0 Å². The zero-order valence-corrected chi connectivity index (χ0v) is 12.4. The summed E-state index contributed by atoms with van der Waals surface area (Å²) < 4.78 is 18.8. The molecule has 1 aromatic carbocycles. The molecule has 2 rings (SSSR count). The SMILES string of the molecule is C[C@@H](O)c1cccnc1Oc1cc(F)c(Br)cc1[N+](=O)[O-]. The number of aliphatic hydroxyl groups is 1. The Morgan fingerprint density at radius 1 is 1.52 bits per heavy atom. The minimum atomic E-state index is -0.881. The molecule has 6 nitrogen and oxygen atoms in total. The van der Waals surface area contributed by atoms with Crippen molar-refractivity contribution in [1.29, 1.82) is 0 Å². The number of ether oxygens (including phenoxy) is 1. The lowest BCUT2D eigenvalue weighted by Gasteiger charge is -2.12. The molecule has 0 saturated heterocycles. The zero-order chi connectivity index (χ0) is 15.6. The maximum Gasteiger partial charge on any atom is 0.312 e. The summed E-state index contributed by atoms with van der Waals surface area (Å²) in [6.45, 7) is 1.50. The van der Waals surface area contributed by atoms with E-state index in [9.17, 15) is 19.6 Å². The summed E-state index contributed by atoms with van der Waals surface area (Å²) in [5.74, 6) is -1.01. The van der Waals surface area contributed by atoms with Crippen LogP contribution in [-0.2, 0) is 0 Å². The maximum absolute atomic E-state index is 13.6. The molecule has 110 valence electrons. The molecule has 2 aromatic rings. The molecule has 0 amide bonds. The third-order valence-corrected chi connectivity index (χ3v) is 3.26. The van der Waals surface area contributed by atoms with Gasteiger partial charge in [-0.25, -0.2) is 9.37 Å². The van der Waals surface area contributed by atoms with Gasteiger partial charge in [0, 0.05) is 23.9 Å². The third kappa shape index (κ3) is 3.34.